The van der Waals surface area contributed by atoms with Gasteiger partial charge in [0.1, 0.15) is 11.5 Å². The van der Waals surface area contributed by atoms with Crippen LogP contribution in [-0.2, 0) is 0 Å². The molecule has 0 heterocycles. The number of carbonyl (C=O) groups excluding carboxylic acids is 1. The van der Waals surface area contributed by atoms with Gasteiger partial charge in [0.15, 0.2) is 6.29 Å². The Bertz CT molecular complexity index is 811. The van der Waals surface area contributed by atoms with E-state index in [0.29, 0.717) is 23.1 Å². The van der Waals surface area contributed by atoms with Gasteiger partial charge in [-0.15, -0.1) is 0 Å². The number of allylic oxidation sites excluding steroid dienone is 4. The van der Waals surface area contributed by atoms with Gasteiger partial charge >= 0.3 is 0 Å². The van der Waals surface area contributed by atoms with Crippen molar-refractivity contribution in [2.45, 2.75) is 53.4 Å². The third kappa shape index (κ3) is 3.33. The summed E-state index contributed by atoms with van der Waals surface area (Å²) in [6.07, 6.45) is 7.68. The first-order valence-electron chi connectivity index (χ1n) is 9.79. The van der Waals surface area contributed by atoms with Crippen LogP contribution in [0.25, 0.3) is 0 Å². The summed E-state index contributed by atoms with van der Waals surface area (Å²) in [5.74, 6) is 2.18. The molecule has 0 N–H and O–H groups in total. The number of carbonyl (C=O) groups is 1. The van der Waals surface area contributed by atoms with Crippen molar-refractivity contribution in [3.63, 3.8) is 0 Å². The van der Waals surface area contributed by atoms with E-state index in [2.05, 4.69) is 46.8 Å². The second kappa shape index (κ2) is 6.85. The average molecular weight is 369 g/mol. The largest absolute Gasteiger partial charge is 0.496 e. The third-order valence-electron chi connectivity index (χ3n) is 6.58. The van der Waals surface area contributed by atoms with Gasteiger partial charge in [0.25, 0.3) is 0 Å². The molecule has 3 heteroatoms. The third-order valence-corrected chi connectivity index (χ3v) is 6.58. The Morgan fingerprint density at radius 2 is 1.48 bits per heavy atom. The molecule has 0 spiro atoms. The maximum atomic E-state index is 11.6. The molecule has 0 saturated carbocycles. The van der Waals surface area contributed by atoms with Gasteiger partial charge < -0.3 is 9.47 Å². The highest BCUT2D eigenvalue weighted by Crippen LogP contribution is 2.55. The number of hydrogen-bond acceptors (Lipinski definition) is 3. The van der Waals surface area contributed by atoms with E-state index in [9.17, 15) is 4.79 Å². The molecule has 0 aromatic heterocycles. The molecule has 2 atom stereocenters. The Morgan fingerprint density at radius 1 is 0.926 bits per heavy atom. The monoisotopic (exact) mass is 368 g/mol. The van der Waals surface area contributed by atoms with Crippen LogP contribution < -0.4 is 9.47 Å². The summed E-state index contributed by atoms with van der Waals surface area (Å²) >= 11 is 0. The van der Waals surface area contributed by atoms with Crippen LogP contribution >= 0.6 is 0 Å². The van der Waals surface area contributed by atoms with Crippen molar-refractivity contribution in [2.24, 2.45) is 16.7 Å². The van der Waals surface area contributed by atoms with E-state index >= 15 is 0 Å². The molecule has 1 aromatic carbocycles. The summed E-state index contributed by atoms with van der Waals surface area (Å²) < 4.78 is 11.1. The predicted molar refractivity (Wildman–Crippen MR) is 110 cm³/mol. The highest BCUT2D eigenvalue weighted by molar-refractivity contribution is 5.80. The van der Waals surface area contributed by atoms with Gasteiger partial charge in [0.2, 0.25) is 0 Å². The summed E-state index contributed by atoms with van der Waals surface area (Å²) in [4.78, 5) is 11.6. The number of hydrogen-bond donors (Lipinski definition) is 0. The minimum Gasteiger partial charge on any atom is -0.496 e. The summed E-state index contributed by atoms with van der Waals surface area (Å²) in [7, 11) is 3.27. The SMILES string of the molecule is COc1cc(OC)c(C2CC3=C(CC2C)C(C)(C)C=CC3(C)C)cc1C=O. The molecule has 1 aromatic rings. The molecule has 27 heavy (non-hydrogen) atoms. The molecule has 0 amide bonds. The Morgan fingerprint density at radius 3 is 2.00 bits per heavy atom. The second-order valence-corrected chi connectivity index (χ2v) is 9.18. The minimum absolute atomic E-state index is 0.0659. The Balaban J connectivity index is 2.10. The van der Waals surface area contributed by atoms with Gasteiger partial charge in [-0.05, 0) is 36.3 Å². The lowest BCUT2D eigenvalue weighted by molar-refractivity contribution is 0.112. The normalized spacial score (nSPS) is 25.7. The van der Waals surface area contributed by atoms with Crippen LogP contribution in [0.1, 0.15) is 69.3 Å². The summed E-state index contributed by atoms with van der Waals surface area (Å²) in [5.41, 5.74) is 5.01. The first-order valence-corrected chi connectivity index (χ1v) is 9.79. The molecule has 2 unspecified atom stereocenters. The van der Waals surface area contributed by atoms with Crippen molar-refractivity contribution in [1.82, 2.24) is 0 Å². The van der Waals surface area contributed by atoms with Crippen molar-refractivity contribution in [1.29, 1.82) is 0 Å². The Hall–Kier alpha value is -2.03. The van der Waals surface area contributed by atoms with Gasteiger partial charge in [-0.1, -0.05) is 57.9 Å². The van der Waals surface area contributed by atoms with Gasteiger partial charge in [-0.25, -0.2) is 0 Å². The van der Waals surface area contributed by atoms with Gasteiger partial charge in [0, 0.05) is 16.9 Å². The summed E-state index contributed by atoms with van der Waals surface area (Å²) in [6, 6.07) is 3.82. The summed E-state index contributed by atoms with van der Waals surface area (Å²) in [6.45, 7) is 11.6. The lowest BCUT2D eigenvalue weighted by Gasteiger charge is -2.46. The van der Waals surface area contributed by atoms with E-state index in [0.717, 1.165) is 30.4 Å². The first kappa shape index (κ1) is 19.7. The van der Waals surface area contributed by atoms with E-state index in [4.69, 9.17) is 9.47 Å². The molecule has 0 saturated heterocycles. The van der Waals surface area contributed by atoms with Crippen molar-refractivity contribution in [3.05, 3.63) is 46.6 Å². The van der Waals surface area contributed by atoms with E-state index < -0.39 is 0 Å². The second-order valence-electron chi connectivity index (χ2n) is 9.18. The van der Waals surface area contributed by atoms with Gasteiger partial charge in [0.05, 0.1) is 19.8 Å². The van der Waals surface area contributed by atoms with E-state index in [1.165, 1.54) is 0 Å². The quantitative estimate of drug-likeness (QED) is 0.487. The molecule has 2 aliphatic carbocycles. The van der Waals surface area contributed by atoms with E-state index in [1.54, 1.807) is 25.4 Å². The lowest BCUT2D eigenvalue weighted by atomic mass is 9.59. The number of benzene rings is 1. The minimum atomic E-state index is 0.0659. The van der Waals surface area contributed by atoms with E-state index in [1.807, 2.05) is 12.1 Å². The zero-order valence-corrected chi connectivity index (χ0v) is 17.7. The van der Waals surface area contributed by atoms with Crippen molar-refractivity contribution < 1.29 is 14.3 Å². The van der Waals surface area contributed by atoms with Crippen LogP contribution in [-0.4, -0.2) is 20.5 Å². The zero-order chi connectivity index (χ0) is 20.0. The molecular weight excluding hydrogens is 336 g/mol. The number of methoxy groups -OCH3 is 2. The summed E-state index contributed by atoms with van der Waals surface area (Å²) in [5, 5.41) is 0. The number of aldehydes is 1. The predicted octanol–water partition coefficient (Wildman–Crippen LogP) is 5.95. The van der Waals surface area contributed by atoms with Crippen LogP contribution in [0.15, 0.2) is 35.4 Å². The topological polar surface area (TPSA) is 35.5 Å². The highest BCUT2D eigenvalue weighted by atomic mass is 16.5. The molecule has 0 fully saturated rings. The first-order chi connectivity index (χ1) is 12.6. The molecule has 2 aliphatic rings. The fourth-order valence-electron chi connectivity index (χ4n) is 4.80. The fraction of sp³-hybridized carbons (Fsp3) is 0.542. The standard InChI is InChI=1S/C24H32O3/c1-15-10-19-20(24(4,5)9-8-23(19,2)3)12-17(15)18-11-16(14-25)21(26-6)13-22(18)27-7/h8-9,11,13-15,17H,10,12H2,1-7H3. The molecular formula is C24H32O3. The zero-order valence-electron chi connectivity index (χ0n) is 17.7. The van der Waals surface area contributed by atoms with Gasteiger partial charge in [-0.2, -0.15) is 0 Å². The van der Waals surface area contributed by atoms with Crippen molar-refractivity contribution in [3.8, 4) is 11.5 Å². The fourth-order valence-corrected chi connectivity index (χ4v) is 4.80. The molecule has 0 bridgehead atoms. The van der Waals surface area contributed by atoms with Crippen LogP contribution in [0.2, 0.25) is 0 Å². The lowest BCUT2D eigenvalue weighted by Crippen LogP contribution is -2.33. The van der Waals surface area contributed by atoms with Crippen molar-refractivity contribution >= 4 is 6.29 Å². The van der Waals surface area contributed by atoms with Crippen molar-refractivity contribution in [2.75, 3.05) is 14.2 Å². The number of ether oxygens (including phenoxy) is 2. The Kier molecular flexibility index (Phi) is 5.00. The van der Waals surface area contributed by atoms with Crippen LogP contribution in [0, 0.1) is 16.7 Å². The van der Waals surface area contributed by atoms with Crippen LogP contribution in [0.5, 0.6) is 11.5 Å². The maximum absolute atomic E-state index is 11.6. The molecule has 146 valence electrons. The number of rotatable bonds is 4. The van der Waals surface area contributed by atoms with E-state index in [-0.39, 0.29) is 10.8 Å². The van der Waals surface area contributed by atoms with Crippen LogP contribution in [0.3, 0.4) is 0 Å². The average Bonchev–Trinajstić information content (AvgIpc) is 2.64. The van der Waals surface area contributed by atoms with Crippen LogP contribution in [0.4, 0.5) is 0 Å². The smallest absolute Gasteiger partial charge is 0.153 e. The van der Waals surface area contributed by atoms with Gasteiger partial charge in [-0.3, -0.25) is 4.79 Å². The molecule has 3 rings (SSSR count). The molecule has 0 aliphatic heterocycles. The molecule has 3 nitrogen and oxygen atoms in total. The molecule has 0 radical (unpaired) electrons. The maximum Gasteiger partial charge on any atom is 0.153 e. The Labute approximate surface area is 163 Å². The highest BCUT2D eigenvalue weighted by Gasteiger charge is 2.41.